The van der Waals surface area contributed by atoms with E-state index < -0.39 is 5.66 Å². The first kappa shape index (κ1) is 19.8. The standard InChI is InChI=1S/C23H33N5O2/c1-22-8-7-16(14-18(22)21(30)25-10-13-28-11-3-2-4-12-28)23(15-22)26-19-17(20(29)27-23)6-5-9-24-19/h5-6,9,16,18H,2-4,7-8,10-15H2,1H3,(H,24,26)(H,25,30)(H,27,29)/t16-,18+,22+,23-/m0/s1. The third-order valence-electron chi connectivity index (χ3n) is 8.03. The van der Waals surface area contributed by atoms with Gasteiger partial charge in [-0.2, -0.15) is 0 Å². The summed E-state index contributed by atoms with van der Waals surface area (Å²) in [6.45, 7) is 6.21. The van der Waals surface area contributed by atoms with Crippen LogP contribution in [0.25, 0.3) is 0 Å². The van der Waals surface area contributed by atoms with Gasteiger partial charge in [0.05, 0.1) is 5.56 Å². The third-order valence-corrected chi connectivity index (χ3v) is 8.03. The molecule has 1 aromatic rings. The van der Waals surface area contributed by atoms with Crippen LogP contribution in [0.4, 0.5) is 5.82 Å². The summed E-state index contributed by atoms with van der Waals surface area (Å²) in [5, 5.41) is 10.1. The molecule has 1 spiro atoms. The van der Waals surface area contributed by atoms with Crippen LogP contribution in [-0.2, 0) is 4.79 Å². The summed E-state index contributed by atoms with van der Waals surface area (Å²) < 4.78 is 0. The van der Waals surface area contributed by atoms with Gasteiger partial charge in [0.1, 0.15) is 11.5 Å². The first-order valence-corrected chi connectivity index (χ1v) is 11.5. The van der Waals surface area contributed by atoms with Crippen molar-refractivity contribution >= 4 is 17.6 Å². The predicted molar refractivity (Wildman–Crippen MR) is 115 cm³/mol. The zero-order chi connectivity index (χ0) is 20.8. The van der Waals surface area contributed by atoms with Gasteiger partial charge >= 0.3 is 0 Å². The molecule has 2 aliphatic heterocycles. The second kappa shape index (κ2) is 7.52. The quantitative estimate of drug-likeness (QED) is 0.708. The molecule has 7 nitrogen and oxygen atoms in total. The van der Waals surface area contributed by atoms with Gasteiger partial charge in [-0.15, -0.1) is 0 Å². The van der Waals surface area contributed by atoms with E-state index in [0.29, 0.717) is 11.4 Å². The molecule has 162 valence electrons. The molecular formula is C23H33N5O2. The maximum absolute atomic E-state index is 13.1. The van der Waals surface area contributed by atoms with Crippen molar-refractivity contribution in [3.8, 4) is 0 Å². The van der Waals surface area contributed by atoms with Crippen LogP contribution in [0.1, 0.15) is 62.2 Å². The van der Waals surface area contributed by atoms with Crippen LogP contribution >= 0.6 is 0 Å². The predicted octanol–water partition coefficient (Wildman–Crippen LogP) is 2.36. The molecule has 0 radical (unpaired) electrons. The number of carbonyl (C=O) groups is 2. The highest BCUT2D eigenvalue weighted by Crippen LogP contribution is 2.58. The molecule has 3 aliphatic carbocycles. The van der Waals surface area contributed by atoms with Crippen LogP contribution in [-0.4, -0.2) is 53.5 Å². The molecule has 30 heavy (non-hydrogen) atoms. The average molecular weight is 412 g/mol. The molecule has 0 aromatic carbocycles. The fourth-order valence-corrected chi connectivity index (χ4v) is 6.37. The summed E-state index contributed by atoms with van der Waals surface area (Å²) in [5.41, 5.74) is -0.0197. The topological polar surface area (TPSA) is 86.4 Å². The van der Waals surface area contributed by atoms with Crippen molar-refractivity contribution in [2.24, 2.45) is 17.3 Å². The summed E-state index contributed by atoms with van der Waals surface area (Å²) in [6, 6.07) is 3.59. The van der Waals surface area contributed by atoms with Gasteiger partial charge in [-0.3, -0.25) is 9.59 Å². The van der Waals surface area contributed by atoms with Gasteiger partial charge in [-0.05, 0) is 69.2 Å². The van der Waals surface area contributed by atoms with Crippen LogP contribution in [0.5, 0.6) is 0 Å². The van der Waals surface area contributed by atoms with E-state index in [1.165, 1.54) is 19.3 Å². The summed E-state index contributed by atoms with van der Waals surface area (Å²) in [5.74, 6) is 1.04. The van der Waals surface area contributed by atoms with Gasteiger partial charge in [-0.1, -0.05) is 13.3 Å². The van der Waals surface area contributed by atoms with Crippen molar-refractivity contribution in [1.82, 2.24) is 20.5 Å². The molecule has 4 atom stereocenters. The van der Waals surface area contributed by atoms with Gasteiger partial charge < -0.3 is 20.9 Å². The number of aromatic nitrogens is 1. The highest BCUT2D eigenvalue weighted by atomic mass is 16.2. The largest absolute Gasteiger partial charge is 0.355 e. The van der Waals surface area contributed by atoms with E-state index in [2.05, 4.69) is 32.8 Å². The number of nitrogens with one attached hydrogen (secondary N) is 3. The van der Waals surface area contributed by atoms with E-state index in [1.54, 1.807) is 18.3 Å². The van der Waals surface area contributed by atoms with Crippen LogP contribution in [0, 0.1) is 17.3 Å². The van der Waals surface area contributed by atoms with Crippen molar-refractivity contribution in [3.63, 3.8) is 0 Å². The summed E-state index contributed by atoms with van der Waals surface area (Å²) in [7, 11) is 0. The zero-order valence-electron chi connectivity index (χ0n) is 17.9. The number of amides is 2. The lowest BCUT2D eigenvalue weighted by atomic mass is 9.51. The van der Waals surface area contributed by atoms with Crippen molar-refractivity contribution in [3.05, 3.63) is 23.9 Å². The Morgan fingerprint density at radius 3 is 2.93 bits per heavy atom. The average Bonchev–Trinajstić information content (AvgIpc) is 2.74. The number of rotatable bonds is 4. The lowest BCUT2D eigenvalue weighted by molar-refractivity contribution is -0.139. The van der Waals surface area contributed by atoms with E-state index in [9.17, 15) is 9.59 Å². The number of piperidine rings is 1. The number of hydrogen-bond acceptors (Lipinski definition) is 5. The summed E-state index contributed by atoms with van der Waals surface area (Å²) in [6.07, 6.45) is 9.21. The molecule has 1 saturated heterocycles. The number of fused-ring (bicyclic) bond motifs is 3. The van der Waals surface area contributed by atoms with Crippen LogP contribution < -0.4 is 16.0 Å². The smallest absolute Gasteiger partial charge is 0.256 e. The van der Waals surface area contributed by atoms with Crippen molar-refractivity contribution in [1.29, 1.82) is 0 Å². The molecule has 2 amide bonds. The van der Waals surface area contributed by atoms with Gasteiger partial charge in [0.2, 0.25) is 5.91 Å². The normalized spacial score (nSPS) is 35.4. The van der Waals surface area contributed by atoms with Crippen LogP contribution in [0.2, 0.25) is 0 Å². The van der Waals surface area contributed by atoms with Gasteiger partial charge in [0.15, 0.2) is 0 Å². The molecule has 6 rings (SSSR count). The number of carbonyl (C=O) groups excluding carboxylic acids is 2. The molecule has 0 unspecified atom stereocenters. The number of likely N-dealkylation sites (tertiary alicyclic amines) is 1. The van der Waals surface area contributed by atoms with Crippen molar-refractivity contribution in [2.75, 3.05) is 31.5 Å². The maximum atomic E-state index is 13.1. The Balaban J connectivity index is 1.26. The number of nitrogens with zero attached hydrogens (tertiary/aromatic N) is 2. The summed E-state index contributed by atoms with van der Waals surface area (Å²) >= 11 is 0. The molecule has 5 aliphatic rings. The van der Waals surface area contributed by atoms with E-state index >= 15 is 0 Å². The fourth-order valence-electron chi connectivity index (χ4n) is 6.37. The minimum atomic E-state index is -0.490. The molecule has 4 fully saturated rings. The monoisotopic (exact) mass is 411 g/mol. The second-order valence-electron chi connectivity index (χ2n) is 10.00. The highest BCUT2D eigenvalue weighted by Gasteiger charge is 2.60. The van der Waals surface area contributed by atoms with E-state index in [0.717, 1.165) is 51.9 Å². The van der Waals surface area contributed by atoms with E-state index in [1.807, 2.05) is 0 Å². The Hall–Kier alpha value is -2.15. The Kier molecular flexibility index (Phi) is 4.96. The first-order valence-electron chi connectivity index (χ1n) is 11.5. The molecule has 3 saturated carbocycles. The Bertz CT molecular complexity index is 839. The first-order chi connectivity index (χ1) is 14.5. The molecule has 1 aromatic heterocycles. The lowest BCUT2D eigenvalue weighted by Crippen LogP contribution is -2.70. The number of hydrogen-bond donors (Lipinski definition) is 3. The Morgan fingerprint density at radius 2 is 2.13 bits per heavy atom. The Labute approximate surface area is 178 Å². The molecular weight excluding hydrogens is 378 g/mol. The van der Waals surface area contributed by atoms with Gasteiger partial charge in [0, 0.05) is 31.1 Å². The molecule has 2 bridgehead atoms. The van der Waals surface area contributed by atoms with E-state index in [4.69, 9.17) is 0 Å². The van der Waals surface area contributed by atoms with Crippen LogP contribution in [0.3, 0.4) is 0 Å². The highest BCUT2D eigenvalue weighted by molar-refractivity contribution is 6.01. The molecule has 3 heterocycles. The SMILES string of the molecule is C[C@]12CC[C@@H](C[C@@H]1C(=O)NCCN1CCCCC1)[C@]1(C2)NC(=O)c2cccnc2N1. The van der Waals surface area contributed by atoms with Crippen molar-refractivity contribution in [2.45, 2.75) is 57.5 Å². The number of anilines is 1. The minimum Gasteiger partial charge on any atom is -0.355 e. The Morgan fingerprint density at radius 1 is 1.30 bits per heavy atom. The molecule has 3 N–H and O–H groups in total. The van der Waals surface area contributed by atoms with Gasteiger partial charge in [-0.25, -0.2) is 4.98 Å². The fraction of sp³-hybridized carbons (Fsp3) is 0.696. The minimum absolute atomic E-state index is 0.00654. The van der Waals surface area contributed by atoms with Gasteiger partial charge in [0.25, 0.3) is 5.91 Å². The second-order valence-corrected chi connectivity index (χ2v) is 10.00. The van der Waals surface area contributed by atoms with Crippen LogP contribution in [0.15, 0.2) is 18.3 Å². The maximum Gasteiger partial charge on any atom is 0.256 e. The zero-order valence-corrected chi connectivity index (χ0v) is 17.9. The van der Waals surface area contributed by atoms with Crippen molar-refractivity contribution < 1.29 is 9.59 Å². The third kappa shape index (κ3) is 3.37. The van der Waals surface area contributed by atoms with E-state index in [-0.39, 0.29) is 29.1 Å². The number of pyridine rings is 1. The molecule has 7 heteroatoms. The lowest BCUT2D eigenvalue weighted by Gasteiger charge is -2.60. The summed E-state index contributed by atoms with van der Waals surface area (Å²) in [4.78, 5) is 32.8.